The lowest BCUT2D eigenvalue weighted by molar-refractivity contribution is -0.113. The minimum absolute atomic E-state index is 0.0874. The predicted octanol–water partition coefficient (Wildman–Crippen LogP) is 2.04. The average molecular weight is 409 g/mol. The Balaban J connectivity index is 1.45. The van der Waals surface area contributed by atoms with Gasteiger partial charge in [0.1, 0.15) is 5.82 Å². The number of hydrogen-bond acceptors (Lipinski definition) is 8. The fourth-order valence-electron chi connectivity index (χ4n) is 2.04. The Morgan fingerprint density at radius 1 is 1.27 bits per heavy atom. The second-order valence-electron chi connectivity index (χ2n) is 5.12. The normalized spacial score (nSPS) is 10.7. The molecule has 2 N–H and O–H groups in total. The summed E-state index contributed by atoms with van der Waals surface area (Å²) in [6.45, 7) is 0.470. The molecule has 8 nitrogen and oxygen atoms in total. The number of thioether (sulfide) groups is 1. The highest BCUT2D eigenvalue weighted by Crippen LogP contribution is 2.17. The van der Waals surface area contributed by atoms with Gasteiger partial charge in [-0.25, -0.2) is 4.98 Å². The summed E-state index contributed by atoms with van der Waals surface area (Å²) in [5, 5.41) is 18.7. The van der Waals surface area contributed by atoms with Crippen molar-refractivity contribution in [2.45, 2.75) is 11.6 Å². The molecule has 3 aromatic heterocycles. The molecule has 0 bridgehead atoms. The van der Waals surface area contributed by atoms with Gasteiger partial charge < -0.3 is 15.2 Å². The number of anilines is 1. The van der Waals surface area contributed by atoms with Crippen molar-refractivity contribution in [2.75, 3.05) is 17.6 Å². The van der Waals surface area contributed by atoms with Crippen molar-refractivity contribution >= 4 is 51.4 Å². The minimum Gasteiger partial charge on any atom is -0.351 e. The number of nitrogens with one attached hydrogen (secondary N) is 2. The summed E-state index contributed by atoms with van der Waals surface area (Å²) in [6.07, 6.45) is 2.20. The molecule has 0 unspecified atom stereocenters. The number of carbonyl (C=O) groups excluding carboxylic acids is 2. The predicted molar refractivity (Wildman–Crippen MR) is 103 cm³/mol. The maximum Gasteiger partial charge on any atom is 0.261 e. The summed E-state index contributed by atoms with van der Waals surface area (Å²) >= 11 is 4.08. The van der Waals surface area contributed by atoms with Crippen LogP contribution in [-0.2, 0) is 18.3 Å². The van der Waals surface area contributed by atoms with Crippen LogP contribution < -0.4 is 10.6 Å². The van der Waals surface area contributed by atoms with Crippen molar-refractivity contribution in [3.8, 4) is 0 Å². The van der Waals surface area contributed by atoms with Crippen molar-refractivity contribution in [1.29, 1.82) is 0 Å². The Labute approximate surface area is 162 Å². The zero-order valence-electron chi connectivity index (χ0n) is 13.8. The van der Waals surface area contributed by atoms with Crippen LogP contribution in [0.25, 0.3) is 0 Å². The van der Waals surface area contributed by atoms with E-state index in [4.69, 9.17) is 0 Å². The number of aromatic nitrogens is 4. The van der Waals surface area contributed by atoms with Gasteiger partial charge in [-0.15, -0.1) is 32.9 Å². The topological polar surface area (TPSA) is 102 Å². The third-order valence-electron chi connectivity index (χ3n) is 3.32. The van der Waals surface area contributed by atoms with Crippen LogP contribution in [0.4, 0.5) is 5.13 Å². The first kappa shape index (κ1) is 18.5. The molecule has 3 heterocycles. The molecule has 0 saturated carbocycles. The molecule has 0 aliphatic rings. The Hall–Kier alpha value is -2.24. The van der Waals surface area contributed by atoms with Gasteiger partial charge in [-0.2, -0.15) is 0 Å². The molecule has 11 heteroatoms. The van der Waals surface area contributed by atoms with Gasteiger partial charge in [0.2, 0.25) is 5.91 Å². The Morgan fingerprint density at radius 2 is 2.15 bits per heavy atom. The average Bonchev–Trinajstić information content (AvgIpc) is 3.37. The van der Waals surface area contributed by atoms with E-state index in [9.17, 15) is 9.59 Å². The standard InChI is InChI=1S/C15H16N6O2S3/c1-21-11(4-5-16-13(23)10-3-2-7-24-10)19-20-15(21)26-9-12(22)18-14-17-6-8-25-14/h2-3,6-8H,4-5,9H2,1H3,(H,16,23)(H,17,18,22). The van der Waals surface area contributed by atoms with E-state index in [2.05, 4.69) is 25.8 Å². The zero-order valence-corrected chi connectivity index (χ0v) is 16.3. The van der Waals surface area contributed by atoms with Gasteiger partial charge in [-0.05, 0) is 11.4 Å². The van der Waals surface area contributed by atoms with Gasteiger partial charge in [0.15, 0.2) is 10.3 Å². The first-order valence-electron chi connectivity index (χ1n) is 7.65. The van der Waals surface area contributed by atoms with Crippen LogP contribution >= 0.6 is 34.4 Å². The van der Waals surface area contributed by atoms with Crippen LogP contribution in [0.15, 0.2) is 34.2 Å². The third kappa shape index (κ3) is 4.90. The number of thiazole rings is 1. The summed E-state index contributed by atoms with van der Waals surface area (Å²) in [7, 11) is 1.84. The van der Waals surface area contributed by atoms with E-state index in [-0.39, 0.29) is 17.6 Å². The van der Waals surface area contributed by atoms with E-state index in [1.54, 1.807) is 17.6 Å². The number of hydrogen-bond donors (Lipinski definition) is 2. The maximum absolute atomic E-state index is 11.9. The molecular formula is C15H16N6O2S3. The van der Waals surface area contributed by atoms with Gasteiger partial charge in [0.05, 0.1) is 10.6 Å². The van der Waals surface area contributed by atoms with Crippen molar-refractivity contribution in [2.24, 2.45) is 7.05 Å². The molecule has 3 aromatic rings. The first-order chi connectivity index (χ1) is 12.6. The molecular weight excluding hydrogens is 392 g/mol. The quantitative estimate of drug-likeness (QED) is 0.553. The summed E-state index contributed by atoms with van der Waals surface area (Å²) in [4.78, 5) is 28.5. The van der Waals surface area contributed by atoms with E-state index in [0.717, 1.165) is 5.82 Å². The SMILES string of the molecule is Cn1c(CCNC(=O)c2cccs2)nnc1SCC(=O)Nc1nccs1. The lowest BCUT2D eigenvalue weighted by atomic mass is 10.3. The second-order valence-corrected chi connectivity index (χ2v) is 7.90. The van der Waals surface area contributed by atoms with Crippen LogP contribution in [0, 0.1) is 0 Å². The lowest BCUT2D eigenvalue weighted by Gasteiger charge is -2.05. The van der Waals surface area contributed by atoms with Crippen LogP contribution in [0.5, 0.6) is 0 Å². The van der Waals surface area contributed by atoms with Gasteiger partial charge in [-0.1, -0.05) is 17.8 Å². The second kappa shape index (κ2) is 8.92. The van der Waals surface area contributed by atoms with Gasteiger partial charge >= 0.3 is 0 Å². The van der Waals surface area contributed by atoms with Crippen molar-refractivity contribution < 1.29 is 9.59 Å². The fraction of sp³-hybridized carbons (Fsp3) is 0.267. The summed E-state index contributed by atoms with van der Waals surface area (Å²) in [5.41, 5.74) is 0. The van der Waals surface area contributed by atoms with Gasteiger partial charge in [0.25, 0.3) is 5.91 Å². The molecule has 0 aromatic carbocycles. The summed E-state index contributed by atoms with van der Waals surface area (Å²) in [5.74, 6) is 0.744. The molecule has 0 aliphatic carbocycles. The highest BCUT2D eigenvalue weighted by molar-refractivity contribution is 7.99. The van der Waals surface area contributed by atoms with E-state index in [0.29, 0.717) is 28.1 Å². The van der Waals surface area contributed by atoms with Crippen LogP contribution in [0.3, 0.4) is 0 Å². The molecule has 0 fully saturated rings. The van der Waals surface area contributed by atoms with Gasteiger partial charge in [0, 0.05) is 31.6 Å². The van der Waals surface area contributed by atoms with Crippen molar-refractivity contribution in [1.82, 2.24) is 25.1 Å². The highest BCUT2D eigenvalue weighted by atomic mass is 32.2. The molecule has 3 rings (SSSR count). The molecule has 26 heavy (non-hydrogen) atoms. The molecule has 0 aliphatic heterocycles. The van der Waals surface area contributed by atoms with Gasteiger partial charge in [-0.3, -0.25) is 9.59 Å². The van der Waals surface area contributed by atoms with E-state index >= 15 is 0 Å². The summed E-state index contributed by atoms with van der Waals surface area (Å²) in [6, 6.07) is 3.63. The van der Waals surface area contributed by atoms with Crippen LogP contribution in [0.1, 0.15) is 15.5 Å². The molecule has 0 atom stereocenters. The molecule has 136 valence electrons. The van der Waals surface area contributed by atoms with Crippen LogP contribution in [-0.4, -0.2) is 43.9 Å². The maximum atomic E-state index is 11.9. The van der Waals surface area contributed by atoms with E-state index in [1.165, 1.54) is 34.4 Å². The van der Waals surface area contributed by atoms with E-state index in [1.807, 2.05) is 23.1 Å². The largest absolute Gasteiger partial charge is 0.351 e. The number of thiophene rings is 1. The van der Waals surface area contributed by atoms with Crippen molar-refractivity contribution in [3.05, 3.63) is 39.8 Å². The number of carbonyl (C=O) groups is 2. The smallest absolute Gasteiger partial charge is 0.261 e. The molecule has 0 spiro atoms. The molecule has 0 saturated heterocycles. The Kier molecular flexibility index (Phi) is 6.36. The summed E-state index contributed by atoms with van der Waals surface area (Å²) < 4.78 is 1.83. The molecule has 0 radical (unpaired) electrons. The number of nitrogens with zero attached hydrogens (tertiary/aromatic N) is 4. The zero-order chi connectivity index (χ0) is 18.4. The Morgan fingerprint density at radius 3 is 2.88 bits per heavy atom. The minimum atomic E-state index is -0.141. The van der Waals surface area contributed by atoms with Crippen LogP contribution in [0.2, 0.25) is 0 Å². The molecule has 2 amide bonds. The highest BCUT2D eigenvalue weighted by Gasteiger charge is 2.13. The number of amides is 2. The van der Waals surface area contributed by atoms with Crippen molar-refractivity contribution in [3.63, 3.8) is 0 Å². The third-order valence-corrected chi connectivity index (χ3v) is 5.89. The number of rotatable bonds is 8. The lowest BCUT2D eigenvalue weighted by Crippen LogP contribution is -2.25. The van der Waals surface area contributed by atoms with E-state index < -0.39 is 0 Å². The Bertz CT molecular complexity index is 860. The fourth-order valence-corrected chi connectivity index (χ4v) is 3.96. The first-order valence-corrected chi connectivity index (χ1v) is 10.4. The monoisotopic (exact) mass is 408 g/mol.